The third-order valence-corrected chi connectivity index (χ3v) is 6.24. The van der Waals surface area contributed by atoms with Gasteiger partial charge in [0.15, 0.2) is 5.78 Å². The van der Waals surface area contributed by atoms with Crippen LogP contribution >= 0.6 is 28.1 Å². The maximum Gasteiger partial charge on any atom is 0.161 e. The fourth-order valence-electron chi connectivity index (χ4n) is 4.11. The minimum Gasteiger partial charge on any atom is -0.352 e. The molecule has 2 aliphatic rings. The number of halogens is 1. The monoisotopic (exact) mass is 428 g/mol. The molecule has 26 heavy (non-hydrogen) atoms. The number of carbonyl (C=O) groups excluding carboxylic acids is 1. The van der Waals surface area contributed by atoms with E-state index in [1.807, 2.05) is 24.3 Å². The molecule has 134 valence electrons. The van der Waals surface area contributed by atoms with E-state index < -0.39 is 5.41 Å². The third-order valence-electron chi connectivity index (χ3n) is 5.24. The fourth-order valence-corrected chi connectivity index (χ4v) is 4.75. The van der Waals surface area contributed by atoms with Crippen molar-refractivity contribution in [2.24, 2.45) is 10.8 Å². The predicted octanol–water partition coefficient (Wildman–Crippen LogP) is 5.19. The van der Waals surface area contributed by atoms with Crippen molar-refractivity contribution in [2.75, 3.05) is 0 Å². The minimum atomic E-state index is -0.999. The van der Waals surface area contributed by atoms with Gasteiger partial charge >= 0.3 is 0 Å². The van der Waals surface area contributed by atoms with Gasteiger partial charge in [0.25, 0.3) is 0 Å². The molecule has 0 fully saturated rings. The largest absolute Gasteiger partial charge is 0.352 e. The zero-order valence-electron chi connectivity index (χ0n) is 14.9. The fraction of sp³-hybridized carbons (Fsp3) is 0.381. The molecule has 0 saturated carbocycles. The van der Waals surface area contributed by atoms with Gasteiger partial charge in [0.2, 0.25) is 0 Å². The van der Waals surface area contributed by atoms with Gasteiger partial charge in [-0.05, 0) is 36.0 Å². The molecule has 0 spiro atoms. The zero-order valence-corrected chi connectivity index (χ0v) is 17.3. The summed E-state index contributed by atoms with van der Waals surface area (Å²) >= 11 is 9.11. The number of Topliss-reactive ketones (excluding diaryl/α,β-unsaturated/α-hetero) is 1. The topological polar surface area (TPSA) is 52.9 Å². The van der Waals surface area contributed by atoms with Crippen LogP contribution in [-0.2, 0) is 4.79 Å². The molecule has 3 rings (SSSR count). The molecule has 0 radical (unpaired) electrons. The second-order valence-corrected chi connectivity index (χ2v) is 9.17. The maximum absolute atomic E-state index is 13.1. The minimum absolute atomic E-state index is 0.0999. The Morgan fingerprint density at radius 1 is 1.38 bits per heavy atom. The molecule has 2 atom stereocenters. The van der Waals surface area contributed by atoms with E-state index in [0.717, 1.165) is 22.2 Å². The summed E-state index contributed by atoms with van der Waals surface area (Å²) < 4.78 is 0.953. The van der Waals surface area contributed by atoms with Crippen molar-refractivity contribution in [3.8, 4) is 6.07 Å². The molecule has 1 aromatic rings. The molecule has 0 bridgehead atoms. The van der Waals surface area contributed by atoms with E-state index in [0.29, 0.717) is 23.4 Å². The summed E-state index contributed by atoms with van der Waals surface area (Å²) in [5.41, 5.74) is 1.40. The highest BCUT2D eigenvalue weighted by atomic mass is 79.9. The number of hydrogen-bond acceptors (Lipinski definition) is 3. The molecule has 1 N–H and O–H groups in total. The number of thiocarbonyl (C=S) groups is 1. The normalized spacial score (nSPS) is 27.4. The van der Waals surface area contributed by atoms with Crippen LogP contribution in [0.2, 0.25) is 0 Å². The average molecular weight is 429 g/mol. The van der Waals surface area contributed by atoms with Gasteiger partial charge in [-0.3, -0.25) is 4.79 Å². The van der Waals surface area contributed by atoms with Gasteiger partial charge in [-0.2, -0.15) is 5.26 Å². The summed E-state index contributed by atoms with van der Waals surface area (Å²) in [5.74, 6) is -0.284. The van der Waals surface area contributed by atoms with Crippen LogP contribution in [0.1, 0.15) is 44.6 Å². The van der Waals surface area contributed by atoms with E-state index >= 15 is 0 Å². The number of benzene rings is 1. The van der Waals surface area contributed by atoms with Crippen LogP contribution in [-0.4, -0.2) is 10.8 Å². The molecule has 0 amide bonds. The number of carbonyl (C=O) groups is 1. The van der Waals surface area contributed by atoms with Crippen molar-refractivity contribution in [3.63, 3.8) is 0 Å². The highest BCUT2D eigenvalue weighted by Gasteiger charge is 2.52. The van der Waals surface area contributed by atoms with Crippen LogP contribution in [0.25, 0.3) is 0 Å². The number of nitrogens with zero attached hydrogens (tertiary/aromatic N) is 1. The van der Waals surface area contributed by atoms with Crippen LogP contribution in [0, 0.1) is 22.2 Å². The lowest BCUT2D eigenvalue weighted by Gasteiger charge is -2.46. The summed E-state index contributed by atoms with van der Waals surface area (Å²) in [6.07, 6.45) is 3.33. The van der Waals surface area contributed by atoms with Gasteiger partial charge in [0, 0.05) is 28.1 Å². The zero-order chi connectivity index (χ0) is 19.1. The van der Waals surface area contributed by atoms with Gasteiger partial charge in [-0.25, -0.2) is 0 Å². The van der Waals surface area contributed by atoms with E-state index in [1.165, 1.54) is 0 Å². The van der Waals surface area contributed by atoms with Gasteiger partial charge < -0.3 is 5.32 Å². The summed E-state index contributed by atoms with van der Waals surface area (Å²) in [5, 5.41) is 13.4. The summed E-state index contributed by atoms with van der Waals surface area (Å²) in [7, 11) is 0. The number of allylic oxidation sites excluding steroid dienone is 3. The van der Waals surface area contributed by atoms with Gasteiger partial charge in [-0.15, -0.1) is 6.58 Å². The Morgan fingerprint density at radius 2 is 2.04 bits per heavy atom. The number of nitriles is 1. The van der Waals surface area contributed by atoms with Crippen LogP contribution in [0.5, 0.6) is 0 Å². The lowest BCUT2D eigenvalue weighted by atomic mass is 9.60. The Kier molecular flexibility index (Phi) is 4.94. The SMILES string of the molecule is C=CC[C@@]1(C#N)C(=S)NC2=C(C(=O)CC(C)(C)C2)[C@H]1c1ccc(Br)cc1. The smallest absolute Gasteiger partial charge is 0.161 e. The average Bonchev–Trinajstić information content (AvgIpc) is 2.56. The summed E-state index contributed by atoms with van der Waals surface area (Å²) in [6, 6.07) is 10.2. The molecule has 0 unspecified atom stereocenters. The maximum atomic E-state index is 13.1. The molecule has 1 aliphatic heterocycles. The van der Waals surface area contributed by atoms with Gasteiger partial charge in [-0.1, -0.05) is 60.2 Å². The van der Waals surface area contributed by atoms with Crippen LogP contribution < -0.4 is 5.32 Å². The molecule has 1 aromatic carbocycles. The van der Waals surface area contributed by atoms with Crippen LogP contribution in [0.3, 0.4) is 0 Å². The molecule has 5 heteroatoms. The quantitative estimate of drug-likeness (QED) is 0.531. The van der Waals surface area contributed by atoms with Gasteiger partial charge in [0.05, 0.1) is 6.07 Å². The molecule has 0 saturated heterocycles. The Bertz CT molecular complexity index is 863. The van der Waals surface area contributed by atoms with Crippen molar-refractivity contribution in [3.05, 3.63) is 58.2 Å². The first-order valence-corrected chi connectivity index (χ1v) is 9.79. The second-order valence-electron chi connectivity index (χ2n) is 7.85. The first-order valence-electron chi connectivity index (χ1n) is 8.59. The number of ketones is 1. The van der Waals surface area contributed by atoms with Crippen molar-refractivity contribution in [1.82, 2.24) is 5.32 Å². The standard InChI is InChI=1S/C21H21BrN2OS/c1-4-9-21(12-23)18(13-5-7-14(22)8-6-13)17-15(24-19(21)26)10-20(2,3)11-16(17)25/h4-8,18H,1,9-11H2,2-3H3,(H,24,26)/t18-,21+/m1/s1. The van der Waals surface area contributed by atoms with Crippen LogP contribution in [0.4, 0.5) is 0 Å². The first kappa shape index (κ1) is 19.0. The highest BCUT2D eigenvalue weighted by Crippen LogP contribution is 2.52. The third kappa shape index (κ3) is 3.06. The van der Waals surface area contributed by atoms with Gasteiger partial charge in [0.1, 0.15) is 10.4 Å². The van der Waals surface area contributed by atoms with E-state index in [-0.39, 0.29) is 17.1 Å². The van der Waals surface area contributed by atoms with Crippen molar-refractivity contribution in [1.29, 1.82) is 5.26 Å². The number of rotatable bonds is 3. The Labute approximate surface area is 168 Å². The molecular formula is C21H21BrN2OS. The number of nitrogens with one attached hydrogen (secondary N) is 1. The molecule has 1 aliphatic carbocycles. The Morgan fingerprint density at radius 3 is 2.62 bits per heavy atom. The van der Waals surface area contributed by atoms with E-state index in [4.69, 9.17) is 12.2 Å². The van der Waals surface area contributed by atoms with E-state index in [2.05, 4.69) is 47.7 Å². The van der Waals surface area contributed by atoms with Crippen molar-refractivity contribution < 1.29 is 4.79 Å². The highest BCUT2D eigenvalue weighted by molar-refractivity contribution is 9.10. The molecular weight excluding hydrogens is 408 g/mol. The van der Waals surface area contributed by atoms with Crippen LogP contribution in [0.15, 0.2) is 52.7 Å². The lowest BCUT2D eigenvalue weighted by molar-refractivity contribution is -0.118. The second kappa shape index (κ2) is 6.75. The van der Waals surface area contributed by atoms with Crippen molar-refractivity contribution in [2.45, 2.75) is 39.0 Å². The van der Waals surface area contributed by atoms with Crippen molar-refractivity contribution >= 4 is 38.9 Å². The van der Waals surface area contributed by atoms with E-state index in [9.17, 15) is 10.1 Å². The predicted molar refractivity (Wildman–Crippen MR) is 111 cm³/mol. The number of hydrogen-bond donors (Lipinski definition) is 1. The Balaban J connectivity index is 2.27. The summed E-state index contributed by atoms with van der Waals surface area (Å²) in [6.45, 7) is 8.00. The lowest BCUT2D eigenvalue weighted by Crippen LogP contribution is -2.51. The van der Waals surface area contributed by atoms with E-state index in [1.54, 1.807) is 6.08 Å². The molecule has 0 aromatic heterocycles. The molecule has 1 heterocycles. The Hall–Kier alpha value is -1.77. The summed E-state index contributed by atoms with van der Waals surface area (Å²) in [4.78, 5) is 13.6. The molecule has 3 nitrogen and oxygen atoms in total. The first-order chi connectivity index (χ1) is 12.2.